The lowest BCUT2D eigenvalue weighted by Crippen LogP contribution is -1.97. The maximum Gasteiger partial charge on any atom is 0.165 e. The van der Waals surface area contributed by atoms with Crippen molar-refractivity contribution in [2.75, 3.05) is 12.4 Å². The molecule has 96 valence electrons. The van der Waals surface area contributed by atoms with Gasteiger partial charge in [0.1, 0.15) is 17.2 Å². The van der Waals surface area contributed by atoms with Crippen LogP contribution in [0.4, 0.5) is 5.82 Å². The molecule has 19 heavy (non-hydrogen) atoms. The number of nitrogens with zero attached hydrogens (tertiary/aromatic N) is 2. The molecule has 2 heterocycles. The highest BCUT2D eigenvalue weighted by Gasteiger charge is 2.16. The van der Waals surface area contributed by atoms with Gasteiger partial charge in [-0.25, -0.2) is 9.97 Å². The zero-order valence-electron chi connectivity index (χ0n) is 10.6. The quantitative estimate of drug-likeness (QED) is 0.776. The largest absolute Gasteiger partial charge is 0.461 e. The average Bonchev–Trinajstić information content (AvgIpc) is 2.75. The number of benzene rings is 1. The number of hydrogen-bond donors (Lipinski definition) is 1. The molecule has 0 aliphatic heterocycles. The van der Waals surface area contributed by atoms with Gasteiger partial charge in [-0.15, -0.1) is 0 Å². The van der Waals surface area contributed by atoms with Crippen LogP contribution >= 0.6 is 15.9 Å². The third-order valence-corrected chi connectivity index (χ3v) is 3.56. The summed E-state index contributed by atoms with van der Waals surface area (Å²) in [7, 11) is 1.83. The van der Waals surface area contributed by atoms with Crippen molar-refractivity contribution < 1.29 is 4.42 Å². The molecule has 3 rings (SSSR count). The molecule has 0 aliphatic carbocycles. The maximum absolute atomic E-state index is 5.75. The minimum Gasteiger partial charge on any atom is -0.461 e. The summed E-state index contributed by atoms with van der Waals surface area (Å²) in [6.45, 7) is 1.93. The first-order valence-corrected chi connectivity index (χ1v) is 6.69. The molecule has 0 saturated heterocycles. The van der Waals surface area contributed by atoms with Crippen LogP contribution in [0.2, 0.25) is 0 Å². The van der Waals surface area contributed by atoms with Gasteiger partial charge >= 0.3 is 0 Å². The Balaban J connectivity index is 2.27. The van der Waals surface area contributed by atoms with Gasteiger partial charge in [-0.05, 0) is 28.9 Å². The average molecular weight is 318 g/mol. The molecule has 1 aromatic carbocycles. The van der Waals surface area contributed by atoms with E-state index in [2.05, 4.69) is 31.2 Å². The number of aromatic nitrogens is 2. The van der Waals surface area contributed by atoms with Crippen molar-refractivity contribution in [1.82, 2.24) is 9.97 Å². The van der Waals surface area contributed by atoms with Gasteiger partial charge in [0, 0.05) is 18.6 Å². The number of halogens is 1. The molecular weight excluding hydrogens is 306 g/mol. The van der Waals surface area contributed by atoms with Gasteiger partial charge in [-0.3, -0.25) is 0 Å². The van der Waals surface area contributed by atoms with Crippen LogP contribution in [-0.4, -0.2) is 17.0 Å². The molecule has 0 fully saturated rings. The van der Waals surface area contributed by atoms with E-state index >= 15 is 0 Å². The van der Waals surface area contributed by atoms with Gasteiger partial charge in [0.25, 0.3) is 0 Å². The van der Waals surface area contributed by atoms with Gasteiger partial charge in [0.2, 0.25) is 0 Å². The highest BCUT2D eigenvalue weighted by atomic mass is 79.9. The number of anilines is 1. The molecule has 0 amide bonds. The second kappa shape index (κ2) is 4.66. The van der Waals surface area contributed by atoms with Gasteiger partial charge in [0.15, 0.2) is 5.82 Å². The fourth-order valence-electron chi connectivity index (χ4n) is 2.11. The molecule has 4 nitrogen and oxygen atoms in total. The summed E-state index contributed by atoms with van der Waals surface area (Å²) in [5.74, 6) is 2.25. The SMILES string of the molecule is CNc1nc(-c2c(C)oc3ccccc23)ncc1Br. The zero-order chi connectivity index (χ0) is 13.4. The van der Waals surface area contributed by atoms with Gasteiger partial charge in [0.05, 0.1) is 10.0 Å². The number of fused-ring (bicyclic) bond motifs is 1. The minimum absolute atomic E-state index is 0.662. The van der Waals surface area contributed by atoms with E-state index in [-0.39, 0.29) is 0 Å². The Morgan fingerprint density at radius 3 is 2.84 bits per heavy atom. The highest BCUT2D eigenvalue weighted by molar-refractivity contribution is 9.10. The predicted molar refractivity (Wildman–Crippen MR) is 79.2 cm³/mol. The number of aryl methyl sites for hydroxylation is 1. The Kier molecular flexibility index (Phi) is 2.98. The molecule has 0 spiro atoms. The molecule has 0 saturated carbocycles. The molecule has 0 bridgehead atoms. The van der Waals surface area contributed by atoms with Crippen LogP contribution in [0.1, 0.15) is 5.76 Å². The molecule has 2 aromatic heterocycles. The number of nitrogens with one attached hydrogen (secondary N) is 1. The Bertz CT molecular complexity index is 752. The molecular formula is C14H12BrN3O. The van der Waals surface area contributed by atoms with Crippen LogP contribution in [0.15, 0.2) is 39.4 Å². The van der Waals surface area contributed by atoms with E-state index in [1.807, 2.05) is 38.2 Å². The van der Waals surface area contributed by atoms with E-state index in [0.29, 0.717) is 5.82 Å². The summed E-state index contributed by atoms with van der Waals surface area (Å²) in [6.07, 6.45) is 1.75. The van der Waals surface area contributed by atoms with Crippen LogP contribution in [0, 0.1) is 6.92 Å². The monoisotopic (exact) mass is 317 g/mol. The van der Waals surface area contributed by atoms with E-state index in [0.717, 1.165) is 32.6 Å². The fraction of sp³-hybridized carbons (Fsp3) is 0.143. The van der Waals surface area contributed by atoms with E-state index in [1.165, 1.54) is 0 Å². The van der Waals surface area contributed by atoms with Gasteiger partial charge in [-0.1, -0.05) is 18.2 Å². The van der Waals surface area contributed by atoms with Gasteiger partial charge in [-0.2, -0.15) is 0 Å². The first kappa shape index (κ1) is 12.2. The topological polar surface area (TPSA) is 51.0 Å². The minimum atomic E-state index is 0.662. The van der Waals surface area contributed by atoms with E-state index < -0.39 is 0 Å². The van der Waals surface area contributed by atoms with E-state index in [4.69, 9.17) is 4.42 Å². The molecule has 5 heteroatoms. The molecule has 1 N–H and O–H groups in total. The predicted octanol–water partition coefficient (Wildman–Crippen LogP) is 4.00. The van der Waals surface area contributed by atoms with Crippen molar-refractivity contribution in [2.24, 2.45) is 0 Å². The molecule has 0 radical (unpaired) electrons. The number of furan rings is 1. The Labute approximate surface area is 119 Å². The fourth-order valence-corrected chi connectivity index (χ4v) is 2.50. The summed E-state index contributed by atoms with van der Waals surface area (Å²) in [5, 5.41) is 4.07. The van der Waals surface area contributed by atoms with Crippen molar-refractivity contribution in [1.29, 1.82) is 0 Å². The van der Waals surface area contributed by atoms with E-state index in [9.17, 15) is 0 Å². The third kappa shape index (κ3) is 2.00. The number of para-hydroxylation sites is 1. The standard InChI is InChI=1S/C14H12BrN3O/c1-8-12(9-5-3-4-6-11(9)19-8)14-17-7-10(15)13(16-2)18-14/h3-7H,1-2H3,(H,16,17,18). The Morgan fingerprint density at radius 2 is 2.05 bits per heavy atom. The molecule has 0 unspecified atom stereocenters. The first-order valence-electron chi connectivity index (χ1n) is 5.89. The second-order valence-electron chi connectivity index (χ2n) is 4.17. The first-order chi connectivity index (χ1) is 9.20. The lowest BCUT2D eigenvalue weighted by atomic mass is 10.1. The number of hydrogen-bond acceptors (Lipinski definition) is 4. The summed E-state index contributed by atoms with van der Waals surface area (Å²) < 4.78 is 6.58. The van der Waals surface area contributed by atoms with Crippen LogP contribution in [0.5, 0.6) is 0 Å². The molecule has 0 aliphatic rings. The normalized spacial score (nSPS) is 10.9. The Hall–Kier alpha value is -1.88. The zero-order valence-corrected chi connectivity index (χ0v) is 12.2. The number of rotatable bonds is 2. The van der Waals surface area contributed by atoms with Crippen molar-refractivity contribution in [3.8, 4) is 11.4 Å². The summed E-state index contributed by atoms with van der Waals surface area (Å²) >= 11 is 3.41. The molecule has 0 atom stereocenters. The van der Waals surface area contributed by atoms with Crippen LogP contribution in [-0.2, 0) is 0 Å². The van der Waals surface area contributed by atoms with Gasteiger partial charge < -0.3 is 9.73 Å². The lowest BCUT2D eigenvalue weighted by Gasteiger charge is -2.05. The molecule has 3 aromatic rings. The lowest BCUT2D eigenvalue weighted by molar-refractivity contribution is 0.579. The summed E-state index contributed by atoms with van der Waals surface area (Å²) in [6, 6.07) is 7.91. The summed E-state index contributed by atoms with van der Waals surface area (Å²) in [4.78, 5) is 8.90. The van der Waals surface area contributed by atoms with Crippen molar-refractivity contribution >= 4 is 32.7 Å². The van der Waals surface area contributed by atoms with Crippen LogP contribution in [0.3, 0.4) is 0 Å². The second-order valence-corrected chi connectivity index (χ2v) is 5.02. The smallest absolute Gasteiger partial charge is 0.165 e. The summed E-state index contributed by atoms with van der Waals surface area (Å²) in [5.41, 5.74) is 1.80. The van der Waals surface area contributed by atoms with Crippen molar-refractivity contribution in [3.63, 3.8) is 0 Å². The van der Waals surface area contributed by atoms with Crippen LogP contribution in [0.25, 0.3) is 22.4 Å². The van der Waals surface area contributed by atoms with Crippen LogP contribution < -0.4 is 5.32 Å². The van der Waals surface area contributed by atoms with Crippen molar-refractivity contribution in [3.05, 3.63) is 40.7 Å². The highest BCUT2D eigenvalue weighted by Crippen LogP contribution is 2.33. The van der Waals surface area contributed by atoms with Crippen molar-refractivity contribution in [2.45, 2.75) is 6.92 Å². The Morgan fingerprint density at radius 1 is 1.26 bits per heavy atom. The third-order valence-electron chi connectivity index (χ3n) is 2.98. The van der Waals surface area contributed by atoms with E-state index in [1.54, 1.807) is 6.20 Å². The maximum atomic E-state index is 5.75.